The van der Waals surface area contributed by atoms with Gasteiger partial charge < -0.3 is 15.0 Å². The van der Waals surface area contributed by atoms with Crippen LogP contribution < -0.4 is 5.32 Å². The average Bonchev–Trinajstić information content (AvgIpc) is 2.62. The summed E-state index contributed by atoms with van der Waals surface area (Å²) in [6, 6.07) is 6.02. The van der Waals surface area contributed by atoms with Gasteiger partial charge in [0.25, 0.3) is 0 Å². The van der Waals surface area contributed by atoms with Crippen LogP contribution in [0.25, 0.3) is 10.9 Å². The van der Waals surface area contributed by atoms with Crippen LogP contribution >= 0.6 is 11.6 Å². The van der Waals surface area contributed by atoms with Gasteiger partial charge in [0.05, 0.1) is 18.7 Å². The molecule has 0 bridgehead atoms. The van der Waals surface area contributed by atoms with Gasteiger partial charge in [-0.3, -0.25) is 9.88 Å². The van der Waals surface area contributed by atoms with Crippen LogP contribution in [0.4, 0.5) is 5.69 Å². The Morgan fingerprint density at radius 1 is 1.24 bits per heavy atom. The molecule has 4 rings (SSSR count). The van der Waals surface area contributed by atoms with Crippen LogP contribution in [-0.2, 0) is 17.7 Å². The van der Waals surface area contributed by atoms with Gasteiger partial charge in [-0.25, -0.2) is 0 Å². The molecule has 6 heteroatoms. The Balaban J connectivity index is 1.61. The fraction of sp³-hybridized carbons (Fsp3) is 0.526. The van der Waals surface area contributed by atoms with Gasteiger partial charge in [0, 0.05) is 73.0 Å². The lowest BCUT2D eigenvalue weighted by atomic mass is 10.00. The summed E-state index contributed by atoms with van der Waals surface area (Å²) in [6.45, 7) is 7.70. The molecule has 0 aliphatic carbocycles. The molecule has 2 aliphatic heterocycles. The van der Waals surface area contributed by atoms with Crippen molar-refractivity contribution in [2.24, 2.45) is 0 Å². The van der Waals surface area contributed by atoms with Crippen molar-refractivity contribution in [2.45, 2.75) is 13.0 Å². The van der Waals surface area contributed by atoms with Gasteiger partial charge in [0.2, 0.25) is 0 Å². The summed E-state index contributed by atoms with van der Waals surface area (Å²) in [5, 5.41) is 5.62. The van der Waals surface area contributed by atoms with E-state index >= 15 is 0 Å². The van der Waals surface area contributed by atoms with Crippen molar-refractivity contribution in [2.75, 3.05) is 58.3 Å². The van der Waals surface area contributed by atoms with Crippen molar-refractivity contribution >= 4 is 28.2 Å². The Hall–Kier alpha value is -1.40. The van der Waals surface area contributed by atoms with Gasteiger partial charge in [0.15, 0.2) is 0 Å². The lowest BCUT2D eigenvalue weighted by molar-refractivity contribution is 0.0398. The van der Waals surface area contributed by atoms with E-state index in [1.807, 2.05) is 12.1 Å². The largest absolute Gasteiger partial charge is 0.383 e. The van der Waals surface area contributed by atoms with Crippen LogP contribution in [-0.4, -0.2) is 67.8 Å². The Morgan fingerprint density at radius 3 is 2.92 bits per heavy atom. The summed E-state index contributed by atoms with van der Waals surface area (Å²) in [5.74, 6) is 0. The third kappa shape index (κ3) is 3.75. The van der Waals surface area contributed by atoms with Crippen molar-refractivity contribution in [3.63, 3.8) is 0 Å². The number of hydrogen-bond acceptors (Lipinski definition) is 5. The second kappa shape index (κ2) is 7.46. The number of fused-ring (bicyclic) bond motifs is 2. The van der Waals surface area contributed by atoms with Crippen LogP contribution in [0.15, 0.2) is 18.2 Å². The number of hydrogen-bond donors (Lipinski definition) is 1. The fourth-order valence-corrected chi connectivity index (χ4v) is 3.88. The van der Waals surface area contributed by atoms with E-state index in [-0.39, 0.29) is 0 Å². The zero-order chi connectivity index (χ0) is 17.2. The molecule has 0 amide bonds. The maximum absolute atomic E-state index is 6.20. The smallest absolute Gasteiger partial charge is 0.0741 e. The Bertz CT molecular complexity index is 761. The summed E-state index contributed by atoms with van der Waals surface area (Å²) < 4.78 is 5.43. The van der Waals surface area contributed by atoms with E-state index in [2.05, 4.69) is 28.2 Å². The molecule has 1 N–H and O–H groups in total. The predicted octanol–water partition coefficient (Wildman–Crippen LogP) is 2.62. The molecule has 0 radical (unpaired) electrons. The van der Waals surface area contributed by atoms with E-state index in [0.717, 1.165) is 69.4 Å². The lowest BCUT2D eigenvalue weighted by Gasteiger charge is -2.29. The minimum atomic E-state index is 0.743. The highest BCUT2D eigenvalue weighted by molar-refractivity contribution is 6.31. The van der Waals surface area contributed by atoms with E-state index in [9.17, 15) is 0 Å². The van der Waals surface area contributed by atoms with Crippen LogP contribution in [0.2, 0.25) is 5.02 Å². The molecule has 0 atom stereocenters. The molecular formula is C19H25ClN4O. The van der Waals surface area contributed by atoms with Crippen LogP contribution in [0.5, 0.6) is 0 Å². The molecule has 0 spiro atoms. The van der Waals surface area contributed by atoms with E-state index in [1.54, 1.807) is 0 Å². The third-order valence-electron chi connectivity index (χ3n) is 5.13. The second-order valence-electron chi connectivity index (χ2n) is 6.94. The van der Waals surface area contributed by atoms with E-state index in [4.69, 9.17) is 21.3 Å². The number of pyridine rings is 1. The number of rotatable bonds is 4. The zero-order valence-corrected chi connectivity index (χ0v) is 15.5. The molecule has 3 heterocycles. The normalized spacial score (nSPS) is 19.1. The highest BCUT2D eigenvalue weighted by Gasteiger charge is 2.21. The van der Waals surface area contributed by atoms with Gasteiger partial charge in [-0.15, -0.1) is 0 Å². The SMILES string of the molecule is CN1CCc2nc3cc(Cl)ccc3c(NCCN3CCOCC3)c2C1. The topological polar surface area (TPSA) is 40.6 Å². The average molecular weight is 361 g/mol. The Labute approximate surface area is 153 Å². The van der Waals surface area contributed by atoms with Crippen LogP contribution in [0.3, 0.4) is 0 Å². The molecular weight excluding hydrogens is 336 g/mol. The number of benzene rings is 1. The molecule has 1 aromatic carbocycles. The van der Waals surface area contributed by atoms with Crippen molar-refractivity contribution < 1.29 is 4.74 Å². The van der Waals surface area contributed by atoms with Gasteiger partial charge >= 0.3 is 0 Å². The standard InChI is InChI=1S/C19H25ClN4O/c1-23-6-4-17-16(13-23)19(15-3-2-14(20)12-18(15)22-17)21-5-7-24-8-10-25-11-9-24/h2-3,12H,4-11,13H2,1H3,(H,21,22). The molecule has 5 nitrogen and oxygen atoms in total. The summed E-state index contributed by atoms with van der Waals surface area (Å²) in [6.07, 6.45) is 0.992. The maximum Gasteiger partial charge on any atom is 0.0741 e. The number of ether oxygens (including phenoxy) is 1. The highest BCUT2D eigenvalue weighted by Crippen LogP contribution is 2.33. The molecule has 2 aromatic rings. The number of aromatic nitrogens is 1. The molecule has 1 saturated heterocycles. The summed E-state index contributed by atoms with van der Waals surface area (Å²) in [7, 11) is 2.17. The number of nitrogens with one attached hydrogen (secondary N) is 1. The number of nitrogens with zero attached hydrogens (tertiary/aromatic N) is 3. The maximum atomic E-state index is 6.20. The molecule has 1 aromatic heterocycles. The molecule has 25 heavy (non-hydrogen) atoms. The lowest BCUT2D eigenvalue weighted by Crippen LogP contribution is -2.39. The van der Waals surface area contributed by atoms with Crippen LogP contribution in [0, 0.1) is 0 Å². The van der Waals surface area contributed by atoms with Gasteiger partial charge in [-0.1, -0.05) is 11.6 Å². The number of likely N-dealkylation sites (N-methyl/N-ethyl adjacent to an activating group) is 1. The first-order chi connectivity index (χ1) is 12.2. The molecule has 0 unspecified atom stereocenters. The van der Waals surface area contributed by atoms with Crippen molar-refractivity contribution in [3.8, 4) is 0 Å². The monoisotopic (exact) mass is 360 g/mol. The zero-order valence-electron chi connectivity index (χ0n) is 14.7. The van der Waals surface area contributed by atoms with Crippen molar-refractivity contribution in [1.29, 1.82) is 0 Å². The first-order valence-electron chi connectivity index (χ1n) is 9.04. The van der Waals surface area contributed by atoms with Gasteiger partial charge in [-0.2, -0.15) is 0 Å². The second-order valence-corrected chi connectivity index (χ2v) is 7.38. The minimum Gasteiger partial charge on any atom is -0.383 e. The number of anilines is 1. The molecule has 2 aliphatic rings. The fourth-order valence-electron chi connectivity index (χ4n) is 3.72. The predicted molar refractivity (Wildman–Crippen MR) is 103 cm³/mol. The van der Waals surface area contributed by atoms with Gasteiger partial charge in [-0.05, 0) is 25.2 Å². The Kier molecular flexibility index (Phi) is 5.08. The minimum absolute atomic E-state index is 0.743. The molecule has 1 fully saturated rings. The highest BCUT2D eigenvalue weighted by atomic mass is 35.5. The number of halogens is 1. The quantitative estimate of drug-likeness (QED) is 0.907. The summed E-state index contributed by atoms with van der Waals surface area (Å²) >= 11 is 6.20. The first kappa shape index (κ1) is 17.0. The van der Waals surface area contributed by atoms with E-state index in [1.165, 1.54) is 22.3 Å². The molecule has 134 valence electrons. The molecule has 0 saturated carbocycles. The first-order valence-corrected chi connectivity index (χ1v) is 9.42. The Morgan fingerprint density at radius 2 is 2.08 bits per heavy atom. The third-order valence-corrected chi connectivity index (χ3v) is 5.36. The van der Waals surface area contributed by atoms with Crippen LogP contribution in [0.1, 0.15) is 11.3 Å². The summed E-state index contributed by atoms with van der Waals surface area (Å²) in [5.41, 5.74) is 4.77. The number of morpholine rings is 1. The van der Waals surface area contributed by atoms with Gasteiger partial charge in [0.1, 0.15) is 0 Å². The summed E-state index contributed by atoms with van der Waals surface area (Å²) in [4.78, 5) is 9.71. The van der Waals surface area contributed by atoms with E-state index < -0.39 is 0 Å². The van der Waals surface area contributed by atoms with Crippen molar-refractivity contribution in [1.82, 2.24) is 14.8 Å². The van der Waals surface area contributed by atoms with E-state index in [0.29, 0.717) is 0 Å². The van der Waals surface area contributed by atoms with Crippen molar-refractivity contribution in [3.05, 3.63) is 34.5 Å².